The molecule has 2 fully saturated rings. The highest BCUT2D eigenvalue weighted by molar-refractivity contribution is 7.99. The van der Waals surface area contributed by atoms with Gasteiger partial charge in [0.1, 0.15) is 0 Å². The Labute approximate surface area is 136 Å². The minimum atomic E-state index is -0.0372. The number of ether oxygens (including phenoxy) is 1. The van der Waals surface area contributed by atoms with Crippen molar-refractivity contribution < 1.29 is 9.53 Å². The van der Waals surface area contributed by atoms with Crippen LogP contribution >= 0.6 is 11.8 Å². The normalized spacial score (nSPS) is 19.1. The van der Waals surface area contributed by atoms with E-state index >= 15 is 0 Å². The Bertz CT molecular complexity index is 526. The van der Waals surface area contributed by atoms with Crippen LogP contribution in [0.2, 0.25) is 0 Å². The molecule has 0 aliphatic carbocycles. The molecule has 0 aromatic heterocycles. The Kier molecular flexibility index (Phi) is 5.10. The number of hydrogen-bond donors (Lipinski definition) is 1. The average molecular weight is 321 g/mol. The van der Waals surface area contributed by atoms with Crippen LogP contribution in [0.4, 0.5) is 16.2 Å². The van der Waals surface area contributed by atoms with Gasteiger partial charge in [-0.3, -0.25) is 0 Å². The van der Waals surface area contributed by atoms with Crippen LogP contribution in [0.3, 0.4) is 0 Å². The summed E-state index contributed by atoms with van der Waals surface area (Å²) in [5.41, 5.74) is 3.36. The van der Waals surface area contributed by atoms with Crippen molar-refractivity contribution in [2.75, 3.05) is 61.1 Å². The van der Waals surface area contributed by atoms with Crippen molar-refractivity contribution in [1.29, 1.82) is 0 Å². The quantitative estimate of drug-likeness (QED) is 0.908. The summed E-state index contributed by atoms with van der Waals surface area (Å²) in [6, 6.07) is 6.16. The maximum Gasteiger partial charge on any atom is 0.321 e. The summed E-state index contributed by atoms with van der Waals surface area (Å²) < 4.78 is 5.27. The average Bonchev–Trinajstić information content (AvgIpc) is 2.56. The van der Waals surface area contributed by atoms with Crippen LogP contribution in [-0.4, -0.2) is 61.8 Å². The van der Waals surface area contributed by atoms with Crippen molar-refractivity contribution in [3.63, 3.8) is 0 Å². The molecule has 0 atom stereocenters. The minimum Gasteiger partial charge on any atom is -0.378 e. The largest absolute Gasteiger partial charge is 0.378 e. The fourth-order valence-corrected chi connectivity index (χ4v) is 3.76. The number of hydrogen-bond acceptors (Lipinski definition) is 4. The monoisotopic (exact) mass is 321 g/mol. The van der Waals surface area contributed by atoms with E-state index in [4.69, 9.17) is 4.74 Å². The first-order chi connectivity index (χ1) is 10.7. The topological polar surface area (TPSA) is 44.8 Å². The molecule has 0 saturated carbocycles. The van der Waals surface area contributed by atoms with Crippen LogP contribution < -0.4 is 10.2 Å². The molecule has 3 rings (SSSR count). The highest BCUT2D eigenvalue weighted by Crippen LogP contribution is 2.26. The van der Waals surface area contributed by atoms with E-state index in [0.717, 1.165) is 18.8 Å². The van der Waals surface area contributed by atoms with E-state index in [1.165, 1.54) is 22.8 Å². The third-order valence-corrected chi connectivity index (χ3v) is 5.04. The van der Waals surface area contributed by atoms with Crippen molar-refractivity contribution in [2.45, 2.75) is 6.92 Å². The van der Waals surface area contributed by atoms with E-state index in [2.05, 4.69) is 29.3 Å². The van der Waals surface area contributed by atoms with E-state index < -0.39 is 0 Å². The Morgan fingerprint density at radius 2 is 1.91 bits per heavy atom. The predicted molar refractivity (Wildman–Crippen MR) is 92.1 cm³/mol. The lowest BCUT2D eigenvalue weighted by molar-refractivity contribution is 0.0564. The number of urea groups is 1. The van der Waals surface area contributed by atoms with Crippen molar-refractivity contribution >= 4 is 29.2 Å². The zero-order chi connectivity index (χ0) is 15.4. The lowest BCUT2D eigenvalue weighted by Gasteiger charge is -2.30. The molecule has 5 nitrogen and oxygen atoms in total. The molecule has 120 valence electrons. The maximum absolute atomic E-state index is 12.2. The molecule has 2 amide bonds. The van der Waals surface area contributed by atoms with Crippen LogP contribution in [-0.2, 0) is 4.74 Å². The third-order valence-electron chi connectivity index (χ3n) is 4.10. The fourth-order valence-electron chi connectivity index (χ4n) is 2.86. The summed E-state index contributed by atoms with van der Waals surface area (Å²) in [7, 11) is 0. The molecule has 1 N–H and O–H groups in total. The number of benzene rings is 1. The number of carbonyl (C=O) groups is 1. The van der Waals surface area contributed by atoms with Crippen LogP contribution in [0.5, 0.6) is 0 Å². The van der Waals surface area contributed by atoms with Crippen LogP contribution in [0.25, 0.3) is 0 Å². The Balaban J connectivity index is 1.64. The number of amides is 2. The van der Waals surface area contributed by atoms with Gasteiger partial charge < -0.3 is 19.9 Å². The van der Waals surface area contributed by atoms with Crippen molar-refractivity contribution in [2.24, 2.45) is 0 Å². The molecule has 1 aromatic carbocycles. The molecule has 0 spiro atoms. The van der Waals surface area contributed by atoms with Gasteiger partial charge in [0.15, 0.2) is 0 Å². The van der Waals surface area contributed by atoms with Crippen molar-refractivity contribution in [3.8, 4) is 0 Å². The van der Waals surface area contributed by atoms with E-state index in [9.17, 15) is 4.79 Å². The van der Waals surface area contributed by atoms with E-state index in [1.807, 2.05) is 17.8 Å². The van der Waals surface area contributed by atoms with Crippen LogP contribution in [0, 0.1) is 6.92 Å². The molecule has 0 bridgehead atoms. The lowest BCUT2D eigenvalue weighted by Crippen LogP contribution is -2.43. The summed E-state index contributed by atoms with van der Waals surface area (Å²) in [6.45, 7) is 6.89. The molecule has 6 heteroatoms. The zero-order valence-corrected chi connectivity index (χ0v) is 13.8. The molecule has 1 aromatic rings. The molecular weight excluding hydrogens is 298 g/mol. The van der Waals surface area contributed by atoms with Crippen molar-refractivity contribution in [1.82, 2.24) is 4.90 Å². The number of morpholine rings is 1. The Morgan fingerprint density at radius 1 is 1.18 bits per heavy atom. The number of thioether (sulfide) groups is 1. The Morgan fingerprint density at radius 3 is 2.59 bits per heavy atom. The lowest BCUT2D eigenvalue weighted by atomic mass is 10.1. The molecule has 2 saturated heterocycles. The number of anilines is 2. The van der Waals surface area contributed by atoms with Gasteiger partial charge >= 0.3 is 6.03 Å². The zero-order valence-electron chi connectivity index (χ0n) is 13.0. The maximum atomic E-state index is 12.2. The molecular formula is C16H23N3O2S. The van der Waals surface area contributed by atoms with E-state index in [-0.39, 0.29) is 6.03 Å². The first-order valence-corrected chi connectivity index (χ1v) is 8.96. The number of carbonyl (C=O) groups excluding carboxylic acids is 1. The molecule has 22 heavy (non-hydrogen) atoms. The molecule has 0 unspecified atom stereocenters. The van der Waals surface area contributed by atoms with Gasteiger partial charge in [0, 0.05) is 49.1 Å². The van der Waals surface area contributed by atoms with Crippen LogP contribution in [0.15, 0.2) is 18.2 Å². The second-order valence-electron chi connectivity index (χ2n) is 5.63. The second-order valence-corrected chi connectivity index (χ2v) is 6.86. The molecule has 0 radical (unpaired) electrons. The smallest absolute Gasteiger partial charge is 0.321 e. The van der Waals surface area contributed by atoms with Crippen molar-refractivity contribution in [3.05, 3.63) is 23.8 Å². The number of aryl methyl sites for hydroxylation is 1. The summed E-state index contributed by atoms with van der Waals surface area (Å²) in [5, 5.41) is 2.99. The molecule has 2 heterocycles. The van der Waals surface area contributed by atoms with Gasteiger partial charge in [-0.05, 0) is 30.7 Å². The summed E-state index contributed by atoms with van der Waals surface area (Å²) in [5.74, 6) is 2.38. The molecule has 2 aliphatic heterocycles. The van der Waals surface area contributed by atoms with Gasteiger partial charge in [0.05, 0.1) is 13.2 Å². The first-order valence-electron chi connectivity index (χ1n) is 7.81. The first kappa shape index (κ1) is 15.5. The van der Waals surface area contributed by atoms with Gasteiger partial charge in [-0.15, -0.1) is 0 Å². The van der Waals surface area contributed by atoms with Gasteiger partial charge in [-0.2, -0.15) is 11.8 Å². The number of rotatable bonds is 2. The highest BCUT2D eigenvalue weighted by Gasteiger charge is 2.18. The van der Waals surface area contributed by atoms with E-state index in [0.29, 0.717) is 26.3 Å². The highest BCUT2D eigenvalue weighted by atomic mass is 32.2. The van der Waals surface area contributed by atoms with Gasteiger partial charge in [0.25, 0.3) is 0 Å². The minimum absolute atomic E-state index is 0.0372. The summed E-state index contributed by atoms with van der Waals surface area (Å²) in [6.07, 6.45) is 0. The third kappa shape index (κ3) is 3.67. The Hall–Kier alpha value is -1.40. The number of nitrogens with one attached hydrogen (secondary N) is 1. The SMILES string of the molecule is Cc1cc(NC(=O)N2CCOCC2)ccc1N1CCSCC1. The summed E-state index contributed by atoms with van der Waals surface area (Å²) >= 11 is 2.01. The fraction of sp³-hybridized carbons (Fsp3) is 0.562. The van der Waals surface area contributed by atoms with Crippen LogP contribution in [0.1, 0.15) is 5.56 Å². The van der Waals surface area contributed by atoms with Gasteiger partial charge in [0.2, 0.25) is 0 Å². The van der Waals surface area contributed by atoms with Gasteiger partial charge in [-0.25, -0.2) is 4.79 Å². The van der Waals surface area contributed by atoms with Gasteiger partial charge in [-0.1, -0.05) is 0 Å². The predicted octanol–water partition coefficient (Wildman–Crippen LogP) is 2.41. The van der Waals surface area contributed by atoms with E-state index in [1.54, 1.807) is 4.90 Å². The summed E-state index contributed by atoms with van der Waals surface area (Å²) in [4.78, 5) is 16.4. The molecule has 2 aliphatic rings. The number of nitrogens with zero attached hydrogens (tertiary/aromatic N) is 2. The standard InChI is InChI=1S/C16H23N3O2S/c1-13-12-14(17-16(20)19-4-8-21-9-5-19)2-3-15(13)18-6-10-22-11-7-18/h2-3,12H,4-11H2,1H3,(H,17,20). The second kappa shape index (κ2) is 7.24.